The van der Waals surface area contributed by atoms with Crippen molar-refractivity contribution >= 4 is 130 Å². The van der Waals surface area contributed by atoms with Gasteiger partial charge in [-0.2, -0.15) is 9.78 Å². The number of hydrogen-bond acceptors (Lipinski definition) is 20. The minimum atomic E-state index is -0.490. The first-order chi connectivity index (χ1) is 20.7. The average molecular weight is 767 g/mol. The maximum atomic E-state index is 11.8. The Morgan fingerprint density at radius 1 is 0.643 bits per heavy atom. The fourth-order valence-corrected chi connectivity index (χ4v) is 8.11. The van der Waals surface area contributed by atoms with Crippen LogP contribution in [0, 0.1) is 0 Å². The molecule has 0 aromatic rings. The molecule has 0 unspecified atom stereocenters. The number of aliphatic imine (C=N–C) groups is 2. The molecule has 22 heteroatoms. The summed E-state index contributed by atoms with van der Waals surface area (Å²) in [6.45, 7) is 0. The van der Waals surface area contributed by atoms with Crippen molar-refractivity contribution in [2.24, 2.45) is 9.98 Å². The average Bonchev–Trinajstić information content (AvgIpc) is 2.99. The lowest BCUT2D eigenvalue weighted by atomic mass is 11.0. The van der Waals surface area contributed by atoms with Crippen molar-refractivity contribution in [1.29, 1.82) is 0 Å². The van der Waals surface area contributed by atoms with Crippen molar-refractivity contribution in [2.75, 3.05) is 92.8 Å². The molecule has 0 rings (SSSR count). The zero-order valence-corrected chi connectivity index (χ0v) is 30.1. The third kappa shape index (κ3) is 36.9. The van der Waals surface area contributed by atoms with Crippen LogP contribution in [0.25, 0.3) is 0 Å². The third-order valence-electron chi connectivity index (χ3n) is 3.45. The van der Waals surface area contributed by atoms with E-state index in [0.717, 1.165) is 46.3 Å². The van der Waals surface area contributed by atoms with Crippen molar-refractivity contribution in [3.63, 3.8) is 0 Å². The van der Waals surface area contributed by atoms with Gasteiger partial charge in [0.25, 0.3) is 5.24 Å². The number of aliphatic hydroxyl groups is 2. The van der Waals surface area contributed by atoms with E-state index in [2.05, 4.69) is 20.6 Å². The molecule has 42 heavy (non-hydrogen) atoms. The molecule has 0 aromatic carbocycles. The number of alkyl carbamates (subject to hydrolysis) is 1. The first kappa shape index (κ1) is 42.7. The van der Waals surface area contributed by atoms with E-state index in [0.29, 0.717) is 34.5 Å². The zero-order chi connectivity index (χ0) is 30.6. The zero-order valence-electron chi connectivity index (χ0n) is 22.8. The summed E-state index contributed by atoms with van der Waals surface area (Å²) in [6, 6.07) is 0. The van der Waals surface area contributed by atoms with Crippen LogP contribution in [0.5, 0.6) is 0 Å². The highest BCUT2D eigenvalue weighted by atomic mass is 32.2. The Balaban J connectivity index is 3.26. The predicted molar refractivity (Wildman–Crippen MR) is 190 cm³/mol. The van der Waals surface area contributed by atoms with Gasteiger partial charge in [-0.15, -0.1) is 82.3 Å². The molecule has 0 bridgehead atoms. The molecular formula is C20H38N4O9S9. The molecule has 0 aliphatic carbocycles. The number of rotatable bonds is 31. The lowest BCUT2D eigenvalue weighted by Gasteiger charge is -2.05. The fourth-order valence-electron chi connectivity index (χ4n) is 1.74. The Hall–Kier alpha value is 0.670. The van der Waals surface area contributed by atoms with Crippen LogP contribution in [0.1, 0.15) is 0 Å². The Morgan fingerprint density at radius 2 is 1.17 bits per heavy atom. The van der Waals surface area contributed by atoms with Crippen molar-refractivity contribution < 1.29 is 44.1 Å². The summed E-state index contributed by atoms with van der Waals surface area (Å²) in [5, 5.41) is 23.3. The maximum Gasteiger partial charge on any atom is 0.408 e. The van der Waals surface area contributed by atoms with Gasteiger partial charge in [-0.3, -0.25) is 4.79 Å². The van der Waals surface area contributed by atoms with Gasteiger partial charge in [0.05, 0.1) is 35.4 Å². The molecule has 0 fully saturated rings. The van der Waals surface area contributed by atoms with Gasteiger partial charge in [-0.25, -0.2) is 14.8 Å². The Labute approximate surface area is 285 Å². The van der Waals surface area contributed by atoms with E-state index in [1.807, 2.05) is 0 Å². The molecule has 0 radical (unpaired) electrons. The SMILES string of the molecule is O=C(NCSCCSC/N=C\OOCSCCSCSC(=O)NCSCCSC/N=C/OOCSCO)OCSCO. The predicted octanol–water partition coefficient (Wildman–Crippen LogP) is 4.53. The van der Waals surface area contributed by atoms with E-state index in [4.69, 9.17) is 34.5 Å². The first-order valence-electron chi connectivity index (χ1n) is 11.9. The van der Waals surface area contributed by atoms with Crippen molar-refractivity contribution in [3.8, 4) is 0 Å². The normalized spacial score (nSPS) is 11.3. The van der Waals surface area contributed by atoms with Crippen LogP contribution in [-0.2, 0) is 24.3 Å². The second-order valence-electron chi connectivity index (χ2n) is 6.36. The molecule has 0 heterocycles. The van der Waals surface area contributed by atoms with E-state index < -0.39 is 6.09 Å². The van der Waals surface area contributed by atoms with Crippen LogP contribution in [-0.4, -0.2) is 127 Å². The first-order valence-corrected chi connectivity index (χ1v) is 22.1. The highest BCUT2D eigenvalue weighted by Gasteiger charge is 2.02. The maximum absolute atomic E-state index is 11.8. The lowest BCUT2D eigenvalue weighted by Crippen LogP contribution is -2.24. The molecular weight excluding hydrogens is 729 g/mol. The monoisotopic (exact) mass is 766 g/mol. The second kappa shape index (κ2) is 37.9. The van der Waals surface area contributed by atoms with Crippen molar-refractivity contribution in [1.82, 2.24) is 10.6 Å². The van der Waals surface area contributed by atoms with Gasteiger partial charge in [0.2, 0.25) is 12.8 Å². The molecule has 246 valence electrons. The molecule has 0 atom stereocenters. The topological polar surface area (TPSA) is 170 Å². The van der Waals surface area contributed by atoms with Crippen molar-refractivity contribution in [3.05, 3.63) is 0 Å². The van der Waals surface area contributed by atoms with E-state index in [9.17, 15) is 9.59 Å². The quantitative estimate of drug-likeness (QED) is 0.0194. The summed E-state index contributed by atoms with van der Waals surface area (Å²) in [5.41, 5.74) is 0. The summed E-state index contributed by atoms with van der Waals surface area (Å²) in [4.78, 5) is 50.6. The summed E-state index contributed by atoms with van der Waals surface area (Å²) in [7, 11) is 0. The molecule has 0 aromatic heterocycles. The lowest BCUT2D eigenvalue weighted by molar-refractivity contribution is -0.196. The number of thioether (sulfide) groups is 9. The smallest absolute Gasteiger partial charge is 0.408 e. The van der Waals surface area contributed by atoms with Crippen molar-refractivity contribution in [2.45, 2.75) is 0 Å². The third-order valence-corrected chi connectivity index (χ3v) is 11.3. The molecule has 2 amide bonds. The highest BCUT2D eigenvalue weighted by molar-refractivity contribution is 8.24. The summed E-state index contributed by atoms with van der Waals surface area (Å²) in [5.74, 6) is 8.20. The van der Waals surface area contributed by atoms with Gasteiger partial charge in [-0.1, -0.05) is 23.5 Å². The van der Waals surface area contributed by atoms with Crippen LogP contribution < -0.4 is 10.6 Å². The van der Waals surface area contributed by atoms with Gasteiger partial charge in [-0.05, 0) is 0 Å². The Bertz CT molecular complexity index is 681. The molecule has 0 saturated heterocycles. The van der Waals surface area contributed by atoms with E-state index in [1.54, 1.807) is 70.6 Å². The number of hydrogen-bond donors (Lipinski definition) is 4. The van der Waals surface area contributed by atoms with Crippen LogP contribution in [0.15, 0.2) is 9.98 Å². The van der Waals surface area contributed by atoms with Gasteiger partial charge >= 0.3 is 6.09 Å². The van der Waals surface area contributed by atoms with Crippen LogP contribution >= 0.6 is 106 Å². The molecule has 13 nitrogen and oxygen atoms in total. The van der Waals surface area contributed by atoms with E-state index in [1.165, 1.54) is 36.3 Å². The highest BCUT2D eigenvalue weighted by Crippen LogP contribution is 2.15. The van der Waals surface area contributed by atoms with Crippen LogP contribution in [0.2, 0.25) is 0 Å². The molecule has 0 saturated carbocycles. The standard InChI is InChI=1S/C20H38N4O9S9/c25-13-40-15-29-19(27)23-11-36-3-1-34-9-21-7-30-32-16-38-5-6-39-18-42-20(28)24-12-37-4-2-35-10-22-8-31-33-17-41-14-26/h7-8,25-26H,1-6,9-18H2,(H,23,27)(H,24,28)/b21-7-,22-8+. The Morgan fingerprint density at radius 3 is 1.81 bits per heavy atom. The number of amides is 2. The Kier molecular flexibility index (Phi) is 38.5. The molecule has 0 spiro atoms. The summed E-state index contributed by atoms with van der Waals surface area (Å²) < 4.78 is 4.82. The van der Waals surface area contributed by atoms with Gasteiger partial charge in [0, 0.05) is 39.6 Å². The summed E-state index contributed by atoms with van der Waals surface area (Å²) in [6.07, 6.45) is 2.04. The largest absolute Gasteiger partial charge is 0.438 e. The second-order valence-corrected chi connectivity index (χ2v) is 16.0. The van der Waals surface area contributed by atoms with Crippen LogP contribution in [0.3, 0.4) is 0 Å². The fraction of sp³-hybridized carbons (Fsp3) is 0.800. The van der Waals surface area contributed by atoms with E-state index in [-0.39, 0.29) is 29.0 Å². The molecule has 0 aliphatic heterocycles. The van der Waals surface area contributed by atoms with Gasteiger partial charge in [0.1, 0.15) is 17.8 Å². The molecule has 4 N–H and O–H groups in total. The van der Waals surface area contributed by atoms with Gasteiger partial charge in [0.15, 0.2) is 0 Å². The number of carbonyl (C=O) groups excluding carboxylic acids is 2. The number of carbonyl (C=O) groups is 2. The number of ether oxygens (including phenoxy) is 1. The number of nitrogens with zero attached hydrogens (tertiary/aromatic N) is 2. The van der Waals surface area contributed by atoms with Crippen LogP contribution in [0.4, 0.5) is 9.59 Å². The minimum absolute atomic E-state index is 0.0161. The van der Waals surface area contributed by atoms with Gasteiger partial charge < -0.3 is 35.4 Å². The number of nitrogens with one attached hydrogen (secondary N) is 2. The summed E-state index contributed by atoms with van der Waals surface area (Å²) >= 11 is 13.4. The van der Waals surface area contributed by atoms with E-state index >= 15 is 0 Å². The minimum Gasteiger partial charge on any atom is -0.438 e. The molecule has 0 aliphatic rings. The number of aliphatic hydroxyl groups excluding tert-OH is 2.